The maximum absolute atomic E-state index is 12.2. The van der Waals surface area contributed by atoms with Crippen molar-refractivity contribution in [2.75, 3.05) is 13.1 Å². The van der Waals surface area contributed by atoms with Gasteiger partial charge in [0.1, 0.15) is 6.04 Å². The lowest BCUT2D eigenvalue weighted by Gasteiger charge is -2.23. The molecule has 2 rings (SSSR count). The van der Waals surface area contributed by atoms with E-state index in [0.717, 1.165) is 5.56 Å². The molecule has 1 aromatic rings. The minimum Gasteiger partial charge on any atom is -0.351 e. The number of amides is 1. The second-order valence-electron chi connectivity index (χ2n) is 4.98. The van der Waals surface area contributed by atoms with Crippen LogP contribution in [0.5, 0.6) is 0 Å². The molecule has 0 bridgehead atoms. The Kier molecular flexibility index (Phi) is 5.33. The van der Waals surface area contributed by atoms with Gasteiger partial charge in [-0.25, -0.2) is 4.72 Å². The molecular formula is C14H21N3O3S. The van der Waals surface area contributed by atoms with Crippen molar-refractivity contribution in [1.82, 2.24) is 14.3 Å². The smallest absolute Gasteiger partial charge is 0.280 e. The Morgan fingerprint density at radius 2 is 2.05 bits per heavy atom. The van der Waals surface area contributed by atoms with Crippen LogP contribution >= 0.6 is 0 Å². The van der Waals surface area contributed by atoms with Gasteiger partial charge in [0.15, 0.2) is 0 Å². The number of hydrogen-bond acceptors (Lipinski definition) is 3. The van der Waals surface area contributed by atoms with Crippen LogP contribution in [0.4, 0.5) is 0 Å². The van der Waals surface area contributed by atoms with E-state index in [2.05, 4.69) is 10.0 Å². The van der Waals surface area contributed by atoms with E-state index in [9.17, 15) is 13.2 Å². The predicted molar refractivity (Wildman–Crippen MR) is 80.6 cm³/mol. The first kappa shape index (κ1) is 15.9. The molecule has 0 aromatic heterocycles. The predicted octanol–water partition coefficient (Wildman–Crippen LogP) is 0.622. The van der Waals surface area contributed by atoms with Gasteiger partial charge in [-0.2, -0.15) is 12.7 Å². The third kappa shape index (κ3) is 4.03. The first-order valence-corrected chi connectivity index (χ1v) is 8.56. The van der Waals surface area contributed by atoms with Crippen LogP contribution in [0.15, 0.2) is 30.3 Å². The van der Waals surface area contributed by atoms with E-state index in [1.54, 1.807) is 6.92 Å². The summed E-state index contributed by atoms with van der Waals surface area (Å²) < 4.78 is 27.8. The topological polar surface area (TPSA) is 78.5 Å². The molecule has 0 saturated carbocycles. The number of rotatable bonds is 6. The number of carbonyl (C=O) groups excluding carboxylic acids is 1. The summed E-state index contributed by atoms with van der Waals surface area (Å²) in [5.74, 6) is -0.238. The van der Waals surface area contributed by atoms with Crippen LogP contribution in [-0.4, -0.2) is 37.8 Å². The normalized spacial score (nSPS) is 19.6. The van der Waals surface area contributed by atoms with Crippen LogP contribution < -0.4 is 10.0 Å². The molecule has 116 valence electrons. The van der Waals surface area contributed by atoms with E-state index >= 15 is 0 Å². The SMILES string of the molecule is CCNS(=O)(=O)N1CCCC1C(=O)NCc1ccccc1. The summed E-state index contributed by atoms with van der Waals surface area (Å²) in [7, 11) is -3.56. The van der Waals surface area contributed by atoms with Crippen LogP contribution in [0.3, 0.4) is 0 Å². The Hall–Kier alpha value is -1.44. The summed E-state index contributed by atoms with van der Waals surface area (Å²) in [5, 5.41) is 2.81. The third-order valence-corrected chi connectivity index (χ3v) is 5.16. The largest absolute Gasteiger partial charge is 0.351 e. The molecule has 1 atom stereocenters. The summed E-state index contributed by atoms with van der Waals surface area (Å²) in [4.78, 5) is 12.2. The lowest BCUT2D eigenvalue weighted by atomic mass is 10.2. The molecule has 1 fully saturated rings. The maximum atomic E-state index is 12.2. The quantitative estimate of drug-likeness (QED) is 0.808. The van der Waals surface area contributed by atoms with E-state index in [1.807, 2.05) is 30.3 Å². The number of nitrogens with zero attached hydrogens (tertiary/aromatic N) is 1. The van der Waals surface area contributed by atoms with E-state index in [0.29, 0.717) is 32.5 Å². The van der Waals surface area contributed by atoms with Crippen molar-refractivity contribution in [3.05, 3.63) is 35.9 Å². The third-order valence-electron chi connectivity index (χ3n) is 3.45. The average molecular weight is 311 g/mol. The van der Waals surface area contributed by atoms with E-state index in [4.69, 9.17) is 0 Å². The molecular weight excluding hydrogens is 290 g/mol. The number of nitrogens with one attached hydrogen (secondary N) is 2. The molecule has 7 heteroatoms. The number of hydrogen-bond donors (Lipinski definition) is 2. The Balaban J connectivity index is 1.98. The van der Waals surface area contributed by atoms with Crippen molar-refractivity contribution in [1.29, 1.82) is 0 Å². The van der Waals surface area contributed by atoms with Gasteiger partial charge in [0.2, 0.25) is 5.91 Å². The molecule has 0 aliphatic carbocycles. The fourth-order valence-corrected chi connectivity index (χ4v) is 3.89. The lowest BCUT2D eigenvalue weighted by Crippen LogP contribution is -2.49. The van der Waals surface area contributed by atoms with Crippen molar-refractivity contribution in [2.45, 2.75) is 32.4 Å². The summed E-state index contributed by atoms with van der Waals surface area (Å²) in [6.07, 6.45) is 1.26. The van der Waals surface area contributed by atoms with Gasteiger partial charge in [0, 0.05) is 19.6 Å². The van der Waals surface area contributed by atoms with Crippen LogP contribution in [0.1, 0.15) is 25.3 Å². The van der Waals surface area contributed by atoms with Crippen LogP contribution in [0.2, 0.25) is 0 Å². The highest BCUT2D eigenvalue weighted by atomic mass is 32.2. The molecule has 1 aliphatic rings. The minimum absolute atomic E-state index is 0.238. The Morgan fingerprint density at radius 1 is 1.33 bits per heavy atom. The van der Waals surface area contributed by atoms with Crippen molar-refractivity contribution >= 4 is 16.1 Å². The molecule has 1 unspecified atom stereocenters. The molecule has 1 amide bonds. The van der Waals surface area contributed by atoms with Gasteiger partial charge in [0.25, 0.3) is 10.2 Å². The van der Waals surface area contributed by atoms with Gasteiger partial charge in [-0.1, -0.05) is 37.3 Å². The van der Waals surface area contributed by atoms with Gasteiger partial charge >= 0.3 is 0 Å². The molecule has 0 spiro atoms. The van der Waals surface area contributed by atoms with Gasteiger partial charge in [-0.05, 0) is 18.4 Å². The van der Waals surface area contributed by atoms with E-state index in [-0.39, 0.29) is 5.91 Å². The first-order chi connectivity index (χ1) is 10.0. The highest BCUT2D eigenvalue weighted by Crippen LogP contribution is 2.20. The van der Waals surface area contributed by atoms with Gasteiger partial charge < -0.3 is 5.32 Å². The second kappa shape index (κ2) is 7.02. The molecule has 1 aromatic carbocycles. The Bertz CT molecular complexity index is 574. The average Bonchev–Trinajstić information content (AvgIpc) is 2.96. The molecule has 21 heavy (non-hydrogen) atoms. The standard InChI is InChI=1S/C14H21N3O3S/c1-2-16-21(19,20)17-10-6-9-13(17)14(18)15-11-12-7-4-3-5-8-12/h3-5,7-8,13,16H,2,6,9-11H2,1H3,(H,15,18). The highest BCUT2D eigenvalue weighted by molar-refractivity contribution is 7.87. The Morgan fingerprint density at radius 3 is 2.71 bits per heavy atom. The Labute approximate surface area is 125 Å². The molecule has 1 saturated heterocycles. The van der Waals surface area contributed by atoms with Crippen LogP contribution in [0.25, 0.3) is 0 Å². The molecule has 1 aliphatic heterocycles. The maximum Gasteiger partial charge on any atom is 0.280 e. The monoisotopic (exact) mass is 311 g/mol. The number of benzene rings is 1. The van der Waals surface area contributed by atoms with Crippen LogP contribution in [0, 0.1) is 0 Å². The molecule has 0 radical (unpaired) electrons. The summed E-state index contributed by atoms with van der Waals surface area (Å²) in [6, 6.07) is 8.94. The molecule has 1 heterocycles. The second-order valence-corrected chi connectivity index (χ2v) is 6.68. The van der Waals surface area contributed by atoms with E-state index in [1.165, 1.54) is 4.31 Å². The summed E-state index contributed by atoms with van der Waals surface area (Å²) >= 11 is 0. The van der Waals surface area contributed by atoms with Gasteiger partial charge in [0.05, 0.1) is 0 Å². The molecule has 2 N–H and O–H groups in total. The van der Waals surface area contributed by atoms with Gasteiger partial charge in [-0.3, -0.25) is 4.79 Å². The van der Waals surface area contributed by atoms with Gasteiger partial charge in [-0.15, -0.1) is 0 Å². The summed E-state index contributed by atoms with van der Waals surface area (Å²) in [5.41, 5.74) is 0.991. The fraction of sp³-hybridized carbons (Fsp3) is 0.500. The van der Waals surface area contributed by atoms with Crippen molar-refractivity contribution in [3.8, 4) is 0 Å². The highest BCUT2D eigenvalue weighted by Gasteiger charge is 2.38. The zero-order valence-electron chi connectivity index (χ0n) is 12.1. The lowest BCUT2D eigenvalue weighted by molar-refractivity contribution is -0.124. The van der Waals surface area contributed by atoms with Crippen molar-refractivity contribution < 1.29 is 13.2 Å². The van der Waals surface area contributed by atoms with E-state index < -0.39 is 16.3 Å². The zero-order chi connectivity index (χ0) is 15.3. The zero-order valence-corrected chi connectivity index (χ0v) is 12.9. The first-order valence-electron chi connectivity index (χ1n) is 7.12. The van der Waals surface area contributed by atoms with Crippen molar-refractivity contribution in [3.63, 3.8) is 0 Å². The summed E-state index contributed by atoms with van der Waals surface area (Å²) in [6.45, 7) is 2.83. The van der Waals surface area contributed by atoms with Crippen LogP contribution in [-0.2, 0) is 21.5 Å². The molecule has 6 nitrogen and oxygen atoms in total. The number of carbonyl (C=O) groups is 1. The fourth-order valence-electron chi connectivity index (χ4n) is 2.46. The minimum atomic E-state index is -3.56. The van der Waals surface area contributed by atoms with Crippen molar-refractivity contribution in [2.24, 2.45) is 0 Å².